The molecule has 1 aliphatic rings. The summed E-state index contributed by atoms with van der Waals surface area (Å²) >= 11 is 5.73. The molecule has 0 bridgehead atoms. The number of carbonyl (C=O) groups excluding carboxylic acids is 1. The van der Waals surface area contributed by atoms with Crippen molar-refractivity contribution in [3.63, 3.8) is 0 Å². The Kier molecular flexibility index (Phi) is 6.83. The Labute approximate surface area is 142 Å². The van der Waals surface area contributed by atoms with Crippen LogP contribution in [0.2, 0.25) is 5.02 Å². The summed E-state index contributed by atoms with van der Waals surface area (Å²) in [6.07, 6.45) is 0.812. The van der Waals surface area contributed by atoms with Gasteiger partial charge in [-0.3, -0.25) is 4.79 Å². The van der Waals surface area contributed by atoms with E-state index in [1.165, 1.54) is 24.3 Å². The monoisotopic (exact) mass is 359 g/mol. The molecule has 0 atom stereocenters. The van der Waals surface area contributed by atoms with Gasteiger partial charge in [-0.1, -0.05) is 11.6 Å². The lowest BCUT2D eigenvalue weighted by Gasteiger charge is -2.27. The van der Waals surface area contributed by atoms with Crippen molar-refractivity contribution in [2.45, 2.75) is 11.3 Å². The molecule has 2 rings (SSSR count). The topological polar surface area (TPSA) is 78.5 Å². The first-order chi connectivity index (χ1) is 11.0. The zero-order valence-electron chi connectivity index (χ0n) is 12.9. The van der Waals surface area contributed by atoms with Gasteiger partial charge in [-0.05, 0) is 37.2 Å². The zero-order valence-corrected chi connectivity index (χ0v) is 14.5. The van der Waals surface area contributed by atoms with E-state index in [2.05, 4.69) is 15.5 Å². The summed E-state index contributed by atoms with van der Waals surface area (Å²) in [5.41, 5.74) is 0. The second kappa shape index (κ2) is 8.63. The summed E-state index contributed by atoms with van der Waals surface area (Å²) in [4.78, 5) is 14.2. The SMILES string of the molecule is O=C(CS(=O)(=O)c1ccc(Cl)cc1)NCCCN1CCNCC1. The highest BCUT2D eigenvalue weighted by Crippen LogP contribution is 2.15. The van der Waals surface area contributed by atoms with Crippen LogP contribution in [0.3, 0.4) is 0 Å². The van der Waals surface area contributed by atoms with E-state index in [1.54, 1.807) is 0 Å². The fraction of sp³-hybridized carbons (Fsp3) is 0.533. The van der Waals surface area contributed by atoms with Gasteiger partial charge in [0.1, 0.15) is 5.75 Å². The fourth-order valence-electron chi connectivity index (χ4n) is 2.41. The molecular weight excluding hydrogens is 338 g/mol. The number of nitrogens with zero attached hydrogens (tertiary/aromatic N) is 1. The zero-order chi connectivity index (χ0) is 16.7. The van der Waals surface area contributed by atoms with Crippen molar-refractivity contribution >= 4 is 27.3 Å². The number of halogens is 1. The average Bonchev–Trinajstić information content (AvgIpc) is 2.52. The van der Waals surface area contributed by atoms with E-state index in [0.29, 0.717) is 11.6 Å². The number of amides is 1. The highest BCUT2D eigenvalue weighted by molar-refractivity contribution is 7.92. The standard InChI is InChI=1S/C15H22ClN3O3S/c16-13-2-4-14(5-3-13)23(21,22)12-15(20)18-6-1-9-19-10-7-17-8-11-19/h2-5,17H,1,6-12H2,(H,18,20). The summed E-state index contributed by atoms with van der Waals surface area (Å²) in [6, 6.07) is 5.82. The number of hydrogen-bond acceptors (Lipinski definition) is 5. The van der Waals surface area contributed by atoms with Crippen LogP contribution < -0.4 is 10.6 Å². The lowest BCUT2D eigenvalue weighted by Crippen LogP contribution is -2.44. The smallest absolute Gasteiger partial charge is 0.235 e. The van der Waals surface area contributed by atoms with E-state index in [1.807, 2.05) is 0 Å². The van der Waals surface area contributed by atoms with Crippen molar-refractivity contribution in [3.05, 3.63) is 29.3 Å². The molecule has 0 spiro atoms. The molecule has 0 aromatic heterocycles. The second-order valence-electron chi connectivity index (χ2n) is 5.51. The Bertz CT molecular complexity index is 613. The average molecular weight is 360 g/mol. The van der Waals surface area contributed by atoms with Crippen molar-refractivity contribution in [2.24, 2.45) is 0 Å². The van der Waals surface area contributed by atoms with Gasteiger partial charge in [-0.2, -0.15) is 0 Å². The Balaban J connectivity index is 1.72. The first kappa shape index (κ1) is 18.2. The van der Waals surface area contributed by atoms with E-state index in [4.69, 9.17) is 11.6 Å². The molecule has 23 heavy (non-hydrogen) atoms. The highest BCUT2D eigenvalue weighted by atomic mass is 35.5. The molecule has 1 amide bonds. The van der Waals surface area contributed by atoms with Crippen LogP contribution in [0.1, 0.15) is 6.42 Å². The van der Waals surface area contributed by atoms with Gasteiger partial charge in [0.15, 0.2) is 9.84 Å². The van der Waals surface area contributed by atoms with Crippen LogP contribution in [-0.4, -0.2) is 64.2 Å². The van der Waals surface area contributed by atoms with Gasteiger partial charge in [-0.15, -0.1) is 0 Å². The number of piperazine rings is 1. The molecule has 1 heterocycles. The van der Waals surface area contributed by atoms with E-state index < -0.39 is 21.5 Å². The Morgan fingerprint density at radius 2 is 1.87 bits per heavy atom. The molecule has 128 valence electrons. The molecule has 8 heteroatoms. The largest absolute Gasteiger partial charge is 0.355 e. The molecule has 0 unspecified atom stereocenters. The van der Waals surface area contributed by atoms with Crippen molar-refractivity contribution in [2.75, 3.05) is 45.0 Å². The molecule has 1 aromatic carbocycles. The van der Waals surface area contributed by atoms with Gasteiger partial charge in [0.2, 0.25) is 5.91 Å². The first-order valence-corrected chi connectivity index (χ1v) is 9.68. The maximum atomic E-state index is 12.1. The van der Waals surface area contributed by atoms with Crippen LogP contribution in [0.25, 0.3) is 0 Å². The molecule has 0 saturated carbocycles. The molecule has 2 N–H and O–H groups in total. The van der Waals surface area contributed by atoms with Crippen LogP contribution in [-0.2, 0) is 14.6 Å². The molecule has 1 aliphatic heterocycles. The number of hydrogen-bond donors (Lipinski definition) is 2. The van der Waals surface area contributed by atoms with Crippen molar-refractivity contribution in [3.8, 4) is 0 Å². The maximum Gasteiger partial charge on any atom is 0.235 e. The summed E-state index contributed by atoms with van der Waals surface area (Å²) in [5, 5.41) is 6.41. The minimum Gasteiger partial charge on any atom is -0.355 e. The minimum absolute atomic E-state index is 0.109. The summed E-state index contributed by atoms with van der Waals surface area (Å²) in [5.74, 6) is -1.01. The normalized spacial score (nSPS) is 16.2. The van der Waals surface area contributed by atoms with Gasteiger partial charge in [0.05, 0.1) is 4.90 Å². The number of nitrogens with one attached hydrogen (secondary N) is 2. The molecule has 1 saturated heterocycles. The molecule has 0 radical (unpaired) electrons. The third-order valence-electron chi connectivity index (χ3n) is 3.68. The molecular formula is C15H22ClN3O3S. The van der Waals surface area contributed by atoms with Crippen LogP contribution in [0, 0.1) is 0 Å². The van der Waals surface area contributed by atoms with E-state index >= 15 is 0 Å². The van der Waals surface area contributed by atoms with Crippen LogP contribution in [0.15, 0.2) is 29.2 Å². The minimum atomic E-state index is -3.62. The quantitative estimate of drug-likeness (QED) is 0.694. The Hall–Kier alpha value is -1.15. The van der Waals surface area contributed by atoms with E-state index in [0.717, 1.165) is 39.1 Å². The van der Waals surface area contributed by atoms with Crippen LogP contribution >= 0.6 is 11.6 Å². The van der Waals surface area contributed by atoms with Crippen LogP contribution in [0.5, 0.6) is 0 Å². The fourth-order valence-corrected chi connectivity index (χ4v) is 3.70. The van der Waals surface area contributed by atoms with Gasteiger partial charge in [-0.25, -0.2) is 8.42 Å². The lowest BCUT2D eigenvalue weighted by atomic mass is 10.3. The van der Waals surface area contributed by atoms with Gasteiger partial charge in [0.25, 0.3) is 0 Å². The Morgan fingerprint density at radius 3 is 2.52 bits per heavy atom. The van der Waals surface area contributed by atoms with Gasteiger partial charge < -0.3 is 15.5 Å². The van der Waals surface area contributed by atoms with Gasteiger partial charge >= 0.3 is 0 Å². The summed E-state index contributed by atoms with van der Waals surface area (Å²) in [6.45, 7) is 5.40. The van der Waals surface area contributed by atoms with Crippen LogP contribution in [0.4, 0.5) is 0 Å². The number of carbonyl (C=O) groups is 1. The molecule has 6 nitrogen and oxygen atoms in total. The summed E-state index contributed by atoms with van der Waals surface area (Å²) in [7, 11) is -3.62. The third kappa shape index (κ3) is 6.10. The predicted octanol–water partition coefficient (Wildman–Crippen LogP) is 0.525. The summed E-state index contributed by atoms with van der Waals surface area (Å²) < 4.78 is 24.2. The lowest BCUT2D eigenvalue weighted by molar-refractivity contribution is -0.118. The van der Waals surface area contributed by atoms with Gasteiger partial charge in [0, 0.05) is 37.7 Å². The molecule has 1 aromatic rings. The highest BCUT2D eigenvalue weighted by Gasteiger charge is 2.19. The first-order valence-electron chi connectivity index (χ1n) is 7.65. The van der Waals surface area contributed by atoms with E-state index in [-0.39, 0.29) is 4.90 Å². The number of benzene rings is 1. The second-order valence-corrected chi connectivity index (χ2v) is 7.93. The van der Waals surface area contributed by atoms with Crippen molar-refractivity contribution in [1.29, 1.82) is 0 Å². The number of rotatable bonds is 7. The number of sulfone groups is 1. The van der Waals surface area contributed by atoms with Crippen molar-refractivity contribution in [1.82, 2.24) is 15.5 Å². The maximum absolute atomic E-state index is 12.1. The van der Waals surface area contributed by atoms with Crippen molar-refractivity contribution < 1.29 is 13.2 Å². The predicted molar refractivity (Wildman–Crippen MR) is 90.4 cm³/mol. The Morgan fingerprint density at radius 1 is 1.22 bits per heavy atom. The molecule has 0 aliphatic carbocycles. The third-order valence-corrected chi connectivity index (χ3v) is 5.56. The molecule has 1 fully saturated rings. The van der Waals surface area contributed by atoms with E-state index in [9.17, 15) is 13.2 Å².